The normalized spacial score (nSPS) is 11.7. The van der Waals surface area contributed by atoms with Gasteiger partial charge in [0.1, 0.15) is 0 Å². The fourth-order valence-electron chi connectivity index (χ4n) is 2.81. The first-order valence-corrected chi connectivity index (χ1v) is 10.9. The number of hydrogen-bond donors (Lipinski definition) is 2. The fourth-order valence-corrected chi connectivity index (χ4v) is 2.81. The van der Waals surface area contributed by atoms with E-state index in [1.165, 1.54) is 83.5 Å². The third-order valence-electron chi connectivity index (χ3n) is 4.47. The van der Waals surface area contributed by atoms with Crippen LogP contribution in [0.1, 0.15) is 130 Å². The van der Waals surface area contributed by atoms with Crippen LogP contribution in [-0.4, -0.2) is 22.3 Å². The molecular formula is C22H46O3. The molecule has 0 radical (unpaired) electrons. The lowest BCUT2D eigenvalue weighted by Gasteiger charge is -2.04. The number of aliphatic hydroxyl groups excluding tert-OH is 1. The molecule has 2 N–H and O–H groups in total. The van der Waals surface area contributed by atoms with Crippen LogP contribution in [-0.2, 0) is 4.79 Å². The van der Waals surface area contributed by atoms with Gasteiger partial charge in [-0.15, -0.1) is 0 Å². The number of aliphatic hydroxyl groups is 1. The Labute approximate surface area is 157 Å². The molecule has 0 fully saturated rings. The Morgan fingerprint density at radius 2 is 1.04 bits per heavy atom. The van der Waals surface area contributed by atoms with Crippen LogP contribution in [0.3, 0.4) is 0 Å². The molecule has 0 saturated carbocycles. The topological polar surface area (TPSA) is 57.5 Å². The van der Waals surface area contributed by atoms with Crippen molar-refractivity contribution in [3.63, 3.8) is 0 Å². The summed E-state index contributed by atoms with van der Waals surface area (Å²) >= 11 is 0. The summed E-state index contributed by atoms with van der Waals surface area (Å²) in [5.41, 5.74) is 0. The SMILES string of the molecule is CCCCCCCC(=O)O.CCCCCCCCCCCCC(C)O. The third kappa shape index (κ3) is 31.7. The molecule has 0 saturated heterocycles. The molecule has 0 aromatic carbocycles. The van der Waals surface area contributed by atoms with E-state index in [-0.39, 0.29) is 6.10 Å². The Morgan fingerprint density at radius 1 is 0.680 bits per heavy atom. The van der Waals surface area contributed by atoms with Crippen molar-refractivity contribution in [1.29, 1.82) is 0 Å². The van der Waals surface area contributed by atoms with Crippen molar-refractivity contribution >= 4 is 5.97 Å². The molecule has 0 aromatic rings. The van der Waals surface area contributed by atoms with Crippen LogP contribution in [0.4, 0.5) is 0 Å². The van der Waals surface area contributed by atoms with Gasteiger partial charge in [-0.25, -0.2) is 0 Å². The second-order valence-electron chi connectivity index (χ2n) is 7.38. The first-order valence-electron chi connectivity index (χ1n) is 10.9. The van der Waals surface area contributed by atoms with Crippen LogP contribution in [0.15, 0.2) is 0 Å². The van der Waals surface area contributed by atoms with E-state index in [1.54, 1.807) is 0 Å². The first-order chi connectivity index (χ1) is 12.0. The molecule has 25 heavy (non-hydrogen) atoms. The second kappa shape index (κ2) is 23.4. The Morgan fingerprint density at radius 3 is 1.40 bits per heavy atom. The number of carbonyl (C=O) groups is 1. The molecule has 152 valence electrons. The van der Waals surface area contributed by atoms with E-state index >= 15 is 0 Å². The molecule has 0 amide bonds. The van der Waals surface area contributed by atoms with Crippen molar-refractivity contribution in [3.8, 4) is 0 Å². The maximum Gasteiger partial charge on any atom is 0.303 e. The highest BCUT2D eigenvalue weighted by molar-refractivity contribution is 5.66. The summed E-state index contributed by atoms with van der Waals surface area (Å²) in [4.78, 5) is 10.0. The molecule has 1 unspecified atom stereocenters. The van der Waals surface area contributed by atoms with E-state index in [2.05, 4.69) is 13.8 Å². The van der Waals surface area contributed by atoms with Crippen LogP contribution in [0.25, 0.3) is 0 Å². The summed E-state index contributed by atoms with van der Waals surface area (Å²) in [6, 6.07) is 0. The van der Waals surface area contributed by atoms with E-state index in [1.807, 2.05) is 6.92 Å². The lowest BCUT2D eigenvalue weighted by atomic mass is 10.1. The molecule has 0 aliphatic carbocycles. The summed E-state index contributed by atoms with van der Waals surface area (Å²) in [6.45, 7) is 6.30. The van der Waals surface area contributed by atoms with Crippen molar-refractivity contribution in [2.45, 2.75) is 136 Å². The van der Waals surface area contributed by atoms with Crippen LogP contribution in [0, 0.1) is 0 Å². The summed E-state index contributed by atoms with van der Waals surface area (Å²) < 4.78 is 0. The number of aliphatic carboxylic acids is 1. The predicted molar refractivity (Wildman–Crippen MR) is 109 cm³/mol. The zero-order chi connectivity index (χ0) is 19.2. The van der Waals surface area contributed by atoms with Crippen LogP contribution < -0.4 is 0 Å². The van der Waals surface area contributed by atoms with Gasteiger partial charge in [-0.2, -0.15) is 0 Å². The van der Waals surface area contributed by atoms with Gasteiger partial charge in [0.25, 0.3) is 0 Å². The van der Waals surface area contributed by atoms with Gasteiger partial charge in [0.2, 0.25) is 0 Å². The predicted octanol–water partition coefficient (Wildman–Crippen LogP) is 7.11. The fraction of sp³-hybridized carbons (Fsp3) is 0.955. The van der Waals surface area contributed by atoms with Gasteiger partial charge in [0.15, 0.2) is 0 Å². The zero-order valence-electron chi connectivity index (χ0n) is 17.4. The lowest BCUT2D eigenvalue weighted by molar-refractivity contribution is -0.137. The van der Waals surface area contributed by atoms with Gasteiger partial charge in [0.05, 0.1) is 6.10 Å². The molecule has 0 aliphatic heterocycles. The van der Waals surface area contributed by atoms with Gasteiger partial charge in [-0.05, 0) is 19.8 Å². The Hall–Kier alpha value is -0.570. The Kier molecular flexibility index (Phi) is 25.0. The van der Waals surface area contributed by atoms with Crippen LogP contribution >= 0.6 is 0 Å². The lowest BCUT2D eigenvalue weighted by Crippen LogP contribution is -1.98. The van der Waals surface area contributed by atoms with Crippen LogP contribution in [0.2, 0.25) is 0 Å². The average Bonchev–Trinajstić information content (AvgIpc) is 2.56. The Bertz CT molecular complexity index is 252. The number of unbranched alkanes of at least 4 members (excludes halogenated alkanes) is 13. The largest absolute Gasteiger partial charge is 0.481 e. The first kappa shape index (κ1) is 26.7. The summed E-state index contributed by atoms with van der Waals surface area (Å²) in [5.74, 6) is -0.670. The molecule has 0 heterocycles. The molecule has 3 heteroatoms. The van der Waals surface area contributed by atoms with E-state index < -0.39 is 5.97 Å². The monoisotopic (exact) mass is 358 g/mol. The Balaban J connectivity index is 0. The molecule has 0 aromatic heterocycles. The van der Waals surface area contributed by atoms with E-state index in [0.29, 0.717) is 6.42 Å². The second-order valence-corrected chi connectivity index (χ2v) is 7.38. The molecule has 0 bridgehead atoms. The van der Waals surface area contributed by atoms with Crippen molar-refractivity contribution in [2.75, 3.05) is 0 Å². The molecule has 0 aliphatic rings. The molecular weight excluding hydrogens is 312 g/mol. The highest BCUT2D eigenvalue weighted by Gasteiger charge is 1.96. The zero-order valence-corrected chi connectivity index (χ0v) is 17.4. The smallest absolute Gasteiger partial charge is 0.303 e. The number of rotatable bonds is 17. The molecule has 3 nitrogen and oxygen atoms in total. The number of carboxylic acids is 1. The van der Waals surface area contributed by atoms with Crippen molar-refractivity contribution < 1.29 is 15.0 Å². The van der Waals surface area contributed by atoms with Gasteiger partial charge < -0.3 is 10.2 Å². The summed E-state index contributed by atoms with van der Waals surface area (Å²) in [7, 11) is 0. The third-order valence-corrected chi connectivity index (χ3v) is 4.47. The van der Waals surface area contributed by atoms with E-state index in [9.17, 15) is 4.79 Å². The van der Waals surface area contributed by atoms with E-state index in [4.69, 9.17) is 10.2 Å². The molecule has 1 atom stereocenters. The highest BCUT2D eigenvalue weighted by Crippen LogP contribution is 2.11. The van der Waals surface area contributed by atoms with Crippen molar-refractivity contribution in [3.05, 3.63) is 0 Å². The van der Waals surface area contributed by atoms with E-state index in [0.717, 1.165) is 19.3 Å². The maximum atomic E-state index is 10.0. The van der Waals surface area contributed by atoms with Gasteiger partial charge >= 0.3 is 5.97 Å². The quantitative estimate of drug-likeness (QED) is 0.272. The van der Waals surface area contributed by atoms with Crippen molar-refractivity contribution in [2.24, 2.45) is 0 Å². The van der Waals surface area contributed by atoms with Gasteiger partial charge in [0, 0.05) is 6.42 Å². The molecule has 0 rings (SSSR count). The van der Waals surface area contributed by atoms with Crippen molar-refractivity contribution in [1.82, 2.24) is 0 Å². The maximum absolute atomic E-state index is 10.0. The average molecular weight is 359 g/mol. The number of hydrogen-bond acceptors (Lipinski definition) is 2. The minimum absolute atomic E-state index is 0.0981. The molecule has 0 spiro atoms. The van der Waals surface area contributed by atoms with Gasteiger partial charge in [-0.1, -0.05) is 104 Å². The number of carboxylic acid groups (broad SMARTS) is 1. The summed E-state index contributed by atoms with van der Waals surface area (Å²) in [6.07, 6.45) is 20.5. The minimum Gasteiger partial charge on any atom is -0.481 e. The standard InChI is InChI=1S/C14H30O.C8H16O2/c1-3-4-5-6-7-8-9-10-11-12-13-14(2)15;1-2-3-4-5-6-7-8(9)10/h14-15H,3-13H2,1-2H3;2-7H2,1H3,(H,9,10). The summed E-state index contributed by atoms with van der Waals surface area (Å²) in [5, 5.41) is 17.3. The highest BCUT2D eigenvalue weighted by atomic mass is 16.4. The minimum atomic E-state index is -0.670. The van der Waals surface area contributed by atoms with Gasteiger partial charge in [-0.3, -0.25) is 4.79 Å². The van der Waals surface area contributed by atoms with Crippen LogP contribution in [0.5, 0.6) is 0 Å².